The maximum absolute atomic E-state index is 12.3. The van der Waals surface area contributed by atoms with Crippen LogP contribution in [-0.2, 0) is 0 Å². The fourth-order valence-corrected chi connectivity index (χ4v) is 2.09. The zero-order valence-corrected chi connectivity index (χ0v) is 12.1. The molecule has 5 nitrogen and oxygen atoms in total. The number of anilines is 1. The Kier molecular flexibility index (Phi) is 4.45. The molecule has 0 atom stereocenters. The summed E-state index contributed by atoms with van der Waals surface area (Å²) in [6, 6.07) is 12.0. The van der Waals surface area contributed by atoms with Crippen LogP contribution in [-0.4, -0.2) is 17.0 Å². The highest BCUT2D eigenvalue weighted by molar-refractivity contribution is 6.35. The van der Waals surface area contributed by atoms with E-state index >= 15 is 0 Å². The maximum atomic E-state index is 12.3. The summed E-state index contributed by atoms with van der Waals surface area (Å²) in [5.74, 6) is -0.442. The zero-order chi connectivity index (χ0) is 15.4. The minimum absolute atomic E-state index is 0.0822. The number of amides is 1. The second kappa shape index (κ2) is 6.28. The molecule has 2 rings (SSSR count). The normalized spacial score (nSPS) is 11.2. The average molecular weight is 304 g/mol. The largest absolute Gasteiger partial charge is 0.409 e. The molecule has 0 saturated heterocycles. The van der Waals surface area contributed by atoms with Crippen LogP contribution < -0.4 is 11.1 Å². The molecule has 4 N–H and O–H groups in total. The third-order valence-corrected chi connectivity index (χ3v) is 3.50. The van der Waals surface area contributed by atoms with Crippen LogP contribution in [0.25, 0.3) is 0 Å². The fraction of sp³-hybridized carbons (Fsp3) is 0.0667. The summed E-state index contributed by atoms with van der Waals surface area (Å²) in [5, 5.41) is 14.8. The van der Waals surface area contributed by atoms with Gasteiger partial charge >= 0.3 is 0 Å². The van der Waals surface area contributed by atoms with E-state index < -0.39 is 0 Å². The van der Waals surface area contributed by atoms with E-state index in [1.165, 1.54) is 0 Å². The highest BCUT2D eigenvalue weighted by Crippen LogP contribution is 2.22. The first-order valence-electron chi connectivity index (χ1n) is 6.18. The van der Waals surface area contributed by atoms with Crippen LogP contribution in [0.4, 0.5) is 5.69 Å². The Balaban J connectivity index is 2.35. The summed E-state index contributed by atoms with van der Waals surface area (Å²) in [6.45, 7) is 1.82. The van der Waals surface area contributed by atoms with E-state index in [2.05, 4.69) is 10.5 Å². The lowest BCUT2D eigenvalue weighted by Crippen LogP contribution is -2.19. The number of nitrogens with one attached hydrogen (secondary N) is 1. The van der Waals surface area contributed by atoms with Gasteiger partial charge in [0.25, 0.3) is 5.91 Å². The van der Waals surface area contributed by atoms with Crippen LogP contribution in [0.1, 0.15) is 21.5 Å². The van der Waals surface area contributed by atoms with Gasteiger partial charge in [-0.25, -0.2) is 0 Å². The molecule has 2 aromatic rings. The van der Waals surface area contributed by atoms with Crippen molar-refractivity contribution in [2.45, 2.75) is 6.92 Å². The molecule has 0 aliphatic rings. The lowest BCUT2D eigenvalue weighted by Gasteiger charge is -2.11. The Morgan fingerprint density at radius 3 is 2.57 bits per heavy atom. The van der Waals surface area contributed by atoms with Gasteiger partial charge in [0.15, 0.2) is 5.84 Å². The topological polar surface area (TPSA) is 87.7 Å². The number of oxime groups is 1. The molecule has 0 fully saturated rings. The van der Waals surface area contributed by atoms with E-state index in [0.29, 0.717) is 21.8 Å². The van der Waals surface area contributed by atoms with Crippen molar-refractivity contribution >= 4 is 29.0 Å². The predicted molar refractivity (Wildman–Crippen MR) is 83.1 cm³/mol. The van der Waals surface area contributed by atoms with Crippen molar-refractivity contribution < 1.29 is 10.0 Å². The van der Waals surface area contributed by atoms with Crippen molar-refractivity contribution in [1.82, 2.24) is 0 Å². The van der Waals surface area contributed by atoms with Gasteiger partial charge in [-0.1, -0.05) is 41.0 Å². The number of rotatable bonds is 3. The maximum Gasteiger partial charge on any atom is 0.257 e. The van der Waals surface area contributed by atoms with Crippen LogP contribution in [0.15, 0.2) is 47.6 Å². The number of nitrogens with zero attached hydrogens (tertiary/aromatic N) is 1. The molecule has 0 spiro atoms. The molecule has 0 aliphatic heterocycles. The summed E-state index contributed by atoms with van der Waals surface area (Å²) >= 11 is 6.13. The first-order valence-corrected chi connectivity index (χ1v) is 6.55. The van der Waals surface area contributed by atoms with E-state index in [4.69, 9.17) is 22.5 Å². The van der Waals surface area contributed by atoms with Crippen molar-refractivity contribution in [3.63, 3.8) is 0 Å². The molecule has 1 amide bonds. The van der Waals surface area contributed by atoms with Crippen molar-refractivity contribution in [2.75, 3.05) is 5.32 Å². The Labute approximate surface area is 127 Å². The summed E-state index contributed by atoms with van der Waals surface area (Å²) < 4.78 is 0. The molecule has 0 unspecified atom stereocenters. The highest BCUT2D eigenvalue weighted by Gasteiger charge is 2.14. The second-order valence-corrected chi connectivity index (χ2v) is 4.80. The number of carbonyl (C=O) groups excluding carboxylic acids is 1. The number of benzene rings is 2. The van der Waals surface area contributed by atoms with Gasteiger partial charge in [-0.2, -0.15) is 0 Å². The van der Waals surface area contributed by atoms with Crippen LogP contribution in [0.3, 0.4) is 0 Å². The van der Waals surface area contributed by atoms with Gasteiger partial charge in [0.2, 0.25) is 0 Å². The molecule has 0 aliphatic carbocycles. The molecule has 0 saturated carbocycles. The van der Waals surface area contributed by atoms with Crippen molar-refractivity contribution in [3.8, 4) is 0 Å². The van der Waals surface area contributed by atoms with E-state index in [1.54, 1.807) is 36.4 Å². The molecule has 21 heavy (non-hydrogen) atoms. The Bertz CT molecular complexity index is 714. The minimum atomic E-state index is -0.359. The SMILES string of the molecule is Cc1cccc(C(=O)Nc2ccccc2/C(N)=N/O)c1Cl. The number of carbonyl (C=O) groups is 1. The van der Waals surface area contributed by atoms with Crippen LogP contribution >= 0.6 is 11.6 Å². The van der Waals surface area contributed by atoms with Gasteiger partial charge < -0.3 is 16.3 Å². The van der Waals surface area contributed by atoms with Gasteiger partial charge in [0.05, 0.1) is 16.3 Å². The third-order valence-electron chi connectivity index (χ3n) is 3.00. The lowest BCUT2D eigenvalue weighted by molar-refractivity contribution is 0.102. The molecule has 0 radical (unpaired) electrons. The summed E-state index contributed by atoms with van der Waals surface area (Å²) in [6.07, 6.45) is 0. The fourth-order valence-electron chi connectivity index (χ4n) is 1.88. The predicted octanol–water partition coefficient (Wildman–Crippen LogP) is 3.00. The number of nitrogens with two attached hydrogens (primary N) is 1. The Morgan fingerprint density at radius 2 is 1.86 bits per heavy atom. The van der Waals surface area contributed by atoms with Gasteiger partial charge in [-0.3, -0.25) is 4.79 Å². The Hall–Kier alpha value is -2.53. The molecular formula is C15H14ClN3O2. The summed E-state index contributed by atoms with van der Waals surface area (Å²) in [5.41, 5.74) is 7.63. The number of hydrogen-bond donors (Lipinski definition) is 3. The van der Waals surface area contributed by atoms with E-state index in [1.807, 2.05) is 13.0 Å². The van der Waals surface area contributed by atoms with Gasteiger partial charge in [-0.15, -0.1) is 0 Å². The first-order chi connectivity index (χ1) is 10.0. The molecule has 2 aromatic carbocycles. The second-order valence-electron chi connectivity index (χ2n) is 4.42. The monoisotopic (exact) mass is 303 g/mol. The van der Waals surface area contributed by atoms with E-state index in [-0.39, 0.29) is 11.7 Å². The molecule has 0 heterocycles. The molecule has 108 valence electrons. The van der Waals surface area contributed by atoms with E-state index in [0.717, 1.165) is 5.56 Å². The quantitative estimate of drug-likeness (QED) is 0.352. The van der Waals surface area contributed by atoms with E-state index in [9.17, 15) is 4.79 Å². The highest BCUT2D eigenvalue weighted by atomic mass is 35.5. The standard InChI is InChI=1S/C15H14ClN3O2/c1-9-5-4-7-11(13(9)16)15(20)18-12-8-3-2-6-10(12)14(17)19-21/h2-8,21H,1H3,(H2,17,19)(H,18,20). The Morgan fingerprint density at radius 1 is 1.19 bits per heavy atom. The number of amidine groups is 1. The number of aryl methyl sites for hydroxylation is 1. The molecule has 0 aromatic heterocycles. The van der Waals surface area contributed by atoms with Crippen LogP contribution in [0.2, 0.25) is 5.02 Å². The van der Waals surface area contributed by atoms with Crippen molar-refractivity contribution in [1.29, 1.82) is 0 Å². The lowest BCUT2D eigenvalue weighted by atomic mass is 10.1. The van der Waals surface area contributed by atoms with Crippen LogP contribution in [0.5, 0.6) is 0 Å². The molecular weight excluding hydrogens is 290 g/mol. The van der Waals surface area contributed by atoms with Gasteiger partial charge in [0.1, 0.15) is 0 Å². The number of hydrogen-bond acceptors (Lipinski definition) is 3. The zero-order valence-electron chi connectivity index (χ0n) is 11.3. The first kappa shape index (κ1) is 14.9. The van der Waals surface area contributed by atoms with Crippen molar-refractivity contribution in [2.24, 2.45) is 10.9 Å². The number of para-hydroxylation sites is 1. The van der Waals surface area contributed by atoms with Gasteiger partial charge in [0, 0.05) is 5.56 Å². The van der Waals surface area contributed by atoms with Crippen LogP contribution in [0, 0.1) is 6.92 Å². The van der Waals surface area contributed by atoms with Gasteiger partial charge in [-0.05, 0) is 30.7 Å². The number of halogens is 1. The summed E-state index contributed by atoms with van der Waals surface area (Å²) in [7, 11) is 0. The summed E-state index contributed by atoms with van der Waals surface area (Å²) in [4.78, 5) is 12.3. The van der Waals surface area contributed by atoms with Crippen molar-refractivity contribution in [3.05, 3.63) is 64.2 Å². The molecule has 0 bridgehead atoms. The average Bonchev–Trinajstić information content (AvgIpc) is 2.49. The smallest absolute Gasteiger partial charge is 0.257 e. The minimum Gasteiger partial charge on any atom is -0.409 e. The molecule has 6 heteroatoms. The third kappa shape index (κ3) is 3.14.